The van der Waals surface area contributed by atoms with Gasteiger partial charge in [-0.3, -0.25) is 0 Å². The van der Waals surface area contributed by atoms with Crippen LogP contribution in [0.3, 0.4) is 0 Å². The minimum absolute atomic E-state index is 0.245. The molecule has 0 unspecified atom stereocenters. The maximum Gasteiger partial charge on any atom is 0.232 e. The molecule has 0 amide bonds. The molecule has 5 N–H and O–H groups in total. The SMILES string of the molecule is Nc1nc(C[NH+]2CC[NH+](Cc3ccc4c(c3)OCO4)CC2)nc(Nc2ccccc2)n1. The molecule has 3 heterocycles. The summed E-state index contributed by atoms with van der Waals surface area (Å²) in [6, 6.07) is 16.1. The number of anilines is 3. The first-order valence-electron chi connectivity index (χ1n) is 10.6. The second kappa shape index (κ2) is 8.75. The van der Waals surface area contributed by atoms with Gasteiger partial charge in [-0.05, 0) is 30.3 Å². The van der Waals surface area contributed by atoms with Gasteiger partial charge in [0.25, 0.3) is 0 Å². The fourth-order valence-electron chi connectivity index (χ4n) is 4.10. The van der Waals surface area contributed by atoms with Crippen LogP contribution in [0.25, 0.3) is 0 Å². The summed E-state index contributed by atoms with van der Waals surface area (Å²) in [4.78, 5) is 16.2. The smallest absolute Gasteiger partial charge is 0.232 e. The van der Waals surface area contributed by atoms with Gasteiger partial charge in [0, 0.05) is 11.3 Å². The van der Waals surface area contributed by atoms with Gasteiger partial charge in [-0.15, -0.1) is 0 Å². The molecular weight excluding hydrogens is 394 g/mol. The largest absolute Gasteiger partial charge is 0.454 e. The minimum Gasteiger partial charge on any atom is -0.454 e. The number of para-hydroxylation sites is 1. The Labute approximate surface area is 180 Å². The first-order chi connectivity index (χ1) is 15.2. The van der Waals surface area contributed by atoms with Gasteiger partial charge in [0.1, 0.15) is 39.3 Å². The molecule has 1 fully saturated rings. The van der Waals surface area contributed by atoms with Crippen molar-refractivity contribution in [3.8, 4) is 11.5 Å². The first kappa shape index (κ1) is 19.5. The van der Waals surface area contributed by atoms with Crippen molar-refractivity contribution in [3.63, 3.8) is 0 Å². The molecule has 9 nitrogen and oxygen atoms in total. The number of fused-ring (bicyclic) bond motifs is 1. The Morgan fingerprint density at radius 2 is 1.58 bits per heavy atom. The molecule has 0 spiro atoms. The highest BCUT2D eigenvalue weighted by Gasteiger charge is 2.25. The monoisotopic (exact) mass is 421 g/mol. The Morgan fingerprint density at radius 1 is 0.839 bits per heavy atom. The summed E-state index contributed by atoms with van der Waals surface area (Å²) in [5.74, 6) is 3.15. The van der Waals surface area contributed by atoms with Crippen LogP contribution in [-0.4, -0.2) is 47.9 Å². The summed E-state index contributed by atoms with van der Waals surface area (Å²) >= 11 is 0. The number of piperazine rings is 1. The Hall–Kier alpha value is -3.43. The zero-order chi connectivity index (χ0) is 21.0. The fraction of sp³-hybridized carbons (Fsp3) is 0.318. The molecule has 2 aliphatic heterocycles. The van der Waals surface area contributed by atoms with E-state index in [4.69, 9.17) is 15.2 Å². The summed E-state index contributed by atoms with van der Waals surface area (Å²) in [7, 11) is 0. The lowest BCUT2D eigenvalue weighted by Gasteiger charge is -2.29. The molecule has 2 aromatic carbocycles. The highest BCUT2D eigenvalue weighted by molar-refractivity contribution is 5.53. The number of hydrogen-bond donors (Lipinski definition) is 4. The van der Waals surface area contributed by atoms with E-state index in [-0.39, 0.29) is 5.95 Å². The number of ether oxygens (including phenoxy) is 2. The molecule has 31 heavy (non-hydrogen) atoms. The number of nitrogens with two attached hydrogens (primary N) is 1. The van der Waals surface area contributed by atoms with Crippen LogP contribution in [0, 0.1) is 0 Å². The molecule has 9 heteroatoms. The molecule has 0 bridgehead atoms. The van der Waals surface area contributed by atoms with Crippen LogP contribution in [0.1, 0.15) is 11.4 Å². The Morgan fingerprint density at radius 3 is 2.39 bits per heavy atom. The van der Waals surface area contributed by atoms with E-state index < -0.39 is 0 Å². The predicted molar refractivity (Wildman–Crippen MR) is 115 cm³/mol. The first-order valence-corrected chi connectivity index (χ1v) is 10.6. The van der Waals surface area contributed by atoms with Gasteiger partial charge < -0.3 is 30.3 Å². The normalized spacial score (nSPS) is 19.9. The standard InChI is InChI=1S/C22H25N7O2/c23-21-25-20(26-22(27-21)24-17-4-2-1-3-5-17)14-29-10-8-28(9-11-29)13-16-6-7-18-19(12-16)31-15-30-18/h1-7,12H,8-11,13-15H2,(H3,23,24,25,26,27)/p+2. The molecule has 1 aromatic heterocycles. The van der Waals surface area contributed by atoms with E-state index in [1.165, 1.54) is 10.5 Å². The molecule has 0 atom stereocenters. The molecule has 1 saturated heterocycles. The topological polar surface area (TPSA) is 104 Å². The lowest BCUT2D eigenvalue weighted by atomic mass is 10.1. The second-order valence-electron chi connectivity index (χ2n) is 7.97. The summed E-state index contributed by atoms with van der Waals surface area (Å²) in [5.41, 5.74) is 8.14. The Kier molecular flexibility index (Phi) is 5.51. The number of benzene rings is 2. The zero-order valence-electron chi connectivity index (χ0n) is 17.3. The number of hydrogen-bond acceptors (Lipinski definition) is 7. The van der Waals surface area contributed by atoms with Crippen molar-refractivity contribution in [2.75, 3.05) is 44.0 Å². The number of nitrogens with one attached hydrogen (secondary N) is 3. The van der Waals surface area contributed by atoms with E-state index >= 15 is 0 Å². The van der Waals surface area contributed by atoms with E-state index in [9.17, 15) is 0 Å². The van der Waals surface area contributed by atoms with Crippen molar-refractivity contribution in [1.29, 1.82) is 0 Å². The molecule has 0 saturated carbocycles. The average Bonchev–Trinajstić information content (AvgIpc) is 3.23. The maximum absolute atomic E-state index is 5.93. The third kappa shape index (κ3) is 4.84. The third-order valence-electron chi connectivity index (χ3n) is 5.69. The highest BCUT2D eigenvalue weighted by atomic mass is 16.7. The lowest BCUT2D eigenvalue weighted by Crippen LogP contribution is -3.27. The van der Waals surface area contributed by atoms with Crippen LogP contribution in [0.15, 0.2) is 48.5 Å². The van der Waals surface area contributed by atoms with Crippen molar-refractivity contribution < 1.29 is 19.3 Å². The highest BCUT2D eigenvalue weighted by Crippen LogP contribution is 2.32. The summed E-state index contributed by atoms with van der Waals surface area (Å²) in [5, 5.41) is 3.20. The third-order valence-corrected chi connectivity index (χ3v) is 5.69. The van der Waals surface area contributed by atoms with Crippen LogP contribution in [-0.2, 0) is 13.1 Å². The minimum atomic E-state index is 0.245. The van der Waals surface area contributed by atoms with E-state index in [1.807, 2.05) is 36.4 Å². The number of aromatic nitrogens is 3. The maximum atomic E-state index is 5.93. The van der Waals surface area contributed by atoms with Crippen molar-refractivity contribution in [2.24, 2.45) is 0 Å². The number of rotatable bonds is 6. The summed E-state index contributed by atoms with van der Waals surface area (Å²) in [6.45, 7) is 6.37. The summed E-state index contributed by atoms with van der Waals surface area (Å²) < 4.78 is 10.9. The number of quaternary nitrogens is 2. The fourth-order valence-corrected chi connectivity index (χ4v) is 4.10. The lowest BCUT2D eigenvalue weighted by molar-refractivity contribution is -1.02. The Bertz CT molecular complexity index is 1040. The van der Waals surface area contributed by atoms with Crippen LogP contribution in [0.5, 0.6) is 11.5 Å². The van der Waals surface area contributed by atoms with E-state index in [1.54, 1.807) is 4.90 Å². The van der Waals surface area contributed by atoms with Crippen molar-refractivity contribution >= 4 is 17.6 Å². The van der Waals surface area contributed by atoms with Gasteiger partial charge in [0.2, 0.25) is 18.7 Å². The van der Waals surface area contributed by atoms with Gasteiger partial charge in [0.05, 0.1) is 0 Å². The molecule has 0 radical (unpaired) electrons. The van der Waals surface area contributed by atoms with E-state index in [2.05, 4.69) is 32.4 Å². The zero-order valence-corrected chi connectivity index (χ0v) is 17.3. The molecular formula is C22H27N7O2+2. The molecule has 160 valence electrons. The second-order valence-corrected chi connectivity index (χ2v) is 7.97. The Balaban J connectivity index is 1.16. The van der Waals surface area contributed by atoms with Gasteiger partial charge in [-0.1, -0.05) is 18.2 Å². The molecule has 0 aliphatic carbocycles. The van der Waals surface area contributed by atoms with Gasteiger partial charge in [0.15, 0.2) is 17.3 Å². The molecule has 5 rings (SSSR count). The van der Waals surface area contributed by atoms with Crippen molar-refractivity contribution in [1.82, 2.24) is 15.0 Å². The van der Waals surface area contributed by atoms with Crippen molar-refractivity contribution in [2.45, 2.75) is 13.1 Å². The molecule has 3 aromatic rings. The van der Waals surface area contributed by atoms with Gasteiger partial charge >= 0.3 is 0 Å². The average molecular weight is 422 g/mol. The van der Waals surface area contributed by atoms with Gasteiger partial charge in [-0.2, -0.15) is 15.0 Å². The van der Waals surface area contributed by atoms with Crippen LogP contribution < -0.4 is 30.3 Å². The number of nitrogen functional groups attached to an aromatic ring is 1. The summed E-state index contributed by atoms with van der Waals surface area (Å²) in [6.07, 6.45) is 0. The van der Waals surface area contributed by atoms with Gasteiger partial charge in [-0.25, -0.2) is 0 Å². The van der Waals surface area contributed by atoms with Crippen molar-refractivity contribution in [3.05, 3.63) is 59.9 Å². The predicted octanol–water partition coefficient (Wildman–Crippen LogP) is -0.590. The van der Waals surface area contributed by atoms with E-state index in [0.717, 1.165) is 62.3 Å². The number of nitrogens with zero attached hydrogens (tertiary/aromatic N) is 3. The van der Waals surface area contributed by atoms with Crippen LogP contribution >= 0.6 is 0 Å². The van der Waals surface area contributed by atoms with E-state index in [0.29, 0.717) is 12.7 Å². The quantitative estimate of drug-likeness (QED) is 0.422. The van der Waals surface area contributed by atoms with Crippen LogP contribution in [0.2, 0.25) is 0 Å². The van der Waals surface area contributed by atoms with Crippen LogP contribution in [0.4, 0.5) is 17.6 Å². The molecule has 2 aliphatic rings.